The lowest BCUT2D eigenvalue weighted by molar-refractivity contribution is 0.646. The second-order valence-corrected chi connectivity index (χ2v) is 3.21. The zero-order valence-electron chi connectivity index (χ0n) is 8.38. The standard InChI is InChI=1S/C9H13N5/c1-3-14-7-8(5-11-14)4-9-6-10-13(2)12-9/h5-7H,3-4H2,1-2H3. The highest BCUT2D eigenvalue weighted by molar-refractivity contribution is 5.12. The number of rotatable bonds is 3. The number of hydrogen-bond donors (Lipinski definition) is 0. The summed E-state index contributed by atoms with van der Waals surface area (Å²) in [7, 11) is 1.82. The van der Waals surface area contributed by atoms with Crippen molar-refractivity contribution in [2.24, 2.45) is 7.05 Å². The van der Waals surface area contributed by atoms with Gasteiger partial charge in [0, 0.05) is 26.2 Å². The molecule has 0 saturated heterocycles. The lowest BCUT2D eigenvalue weighted by atomic mass is 10.2. The molecule has 0 bridgehead atoms. The van der Waals surface area contributed by atoms with E-state index in [2.05, 4.69) is 22.2 Å². The van der Waals surface area contributed by atoms with Crippen LogP contribution in [0.25, 0.3) is 0 Å². The first-order chi connectivity index (χ1) is 6.78. The molecule has 74 valence electrons. The van der Waals surface area contributed by atoms with Gasteiger partial charge in [0.1, 0.15) is 0 Å². The van der Waals surface area contributed by atoms with Crippen molar-refractivity contribution in [2.45, 2.75) is 19.9 Å². The smallest absolute Gasteiger partial charge is 0.0872 e. The third-order valence-electron chi connectivity index (χ3n) is 2.04. The molecule has 0 aliphatic rings. The summed E-state index contributed by atoms with van der Waals surface area (Å²) >= 11 is 0. The van der Waals surface area contributed by atoms with Crippen LogP contribution in [0.3, 0.4) is 0 Å². The fraction of sp³-hybridized carbons (Fsp3) is 0.444. The van der Waals surface area contributed by atoms with Crippen LogP contribution in [-0.4, -0.2) is 24.8 Å². The van der Waals surface area contributed by atoms with E-state index in [1.165, 1.54) is 5.56 Å². The van der Waals surface area contributed by atoms with E-state index in [1.807, 2.05) is 24.1 Å². The van der Waals surface area contributed by atoms with Gasteiger partial charge in [-0.3, -0.25) is 4.68 Å². The maximum atomic E-state index is 4.21. The highest BCUT2D eigenvalue weighted by Crippen LogP contribution is 2.04. The molecule has 0 saturated carbocycles. The molecule has 0 N–H and O–H groups in total. The predicted molar refractivity (Wildman–Crippen MR) is 51.7 cm³/mol. The predicted octanol–water partition coefficient (Wildman–Crippen LogP) is 0.622. The van der Waals surface area contributed by atoms with Gasteiger partial charge in [-0.15, -0.1) is 0 Å². The molecule has 2 aromatic heterocycles. The summed E-state index contributed by atoms with van der Waals surface area (Å²) in [6, 6.07) is 0. The normalized spacial score (nSPS) is 10.7. The van der Waals surface area contributed by atoms with Gasteiger partial charge in [-0.05, 0) is 12.5 Å². The van der Waals surface area contributed by atoms with E-state index < -0.39 is 0 Å². The molecule has 2 rings (SSSR count). The van der Waals surface area contributed by atoms with Crippen LogP contribution in [0.5, 0.6) is 0 Å². The van der Waals surface area contributed by atoms with E-state index in [0.717, 1.165) is 18.7 Å². The van der Waals surface area contributed by atoms with E-state index in [0.29, 0.717) is 0 Å². The summed E-state index contributed by atoms with van der Waals surface area (Å²) in [5.41, 5.74) is 2.15. The molecule has 5 heteroatoms. The lowest BCUT2D eigenvalue weighted by Gasteiger charge is -1.91. The quantitative estimate of drug-likeness (QED) is 0.714. The van der Waals surface area contributed by atoms with Crippen LogP contribution < -0.4 is 0 Å². The Hall–Kier alpha value is -1.65. The SMILES string of the molecule is CCn1cc(Cc2cnn(C)n2)cn1. The second-order valence-electron chi connectivity index (χ2n) is 3.21. The van der Waals surface area contributed by atoms with Gasteiger partial charge in [0.25, 0.3) is 0 Å². The molecule has 0 unspecified atom stereocenters. The summed E-state index contributed by atoms with van der Waals surface area (Å²) < 4.78 is 1.91. The molecular weight excluding hydrogens is 178 g/mol. The van der Waals surface area contributed by atoms with Crippen molar-refractivity contribution < 1.29 is 0 Å². The molecule has 0 aromatic carbocycles. The minimum atomic E-state index is 0.799. The van der Waals surface area contributed by atoms with Crippen LogP contribution in [0.4, 0.5) is 0 Å². The lowest BCUT2D eigenvalue weighted by Crippen LogP contribution is -1.94. The van der Waals surface area contributed by atoms with Crippen molar-refractivity contribution in [1.29, 1.82) is 0 Å². The molecule has 0 aliphatic carbocycles. The highest BCUT2D eigenvalue weighted by Gasteiger charge is 2.02. The van der Waals surface area contributed by atoms with Gasteiger partial charge in [-0.2, -0.15) is 20.1 Å². The maximum absolute atomic E-state index is 4.21. The summed E-state index contributed by atoms with van der Waals surface area (Å²) in [6.07, 6.45) is 6.49. The molecular formula is C9H13N5. The first kappa shape index (κ1) is 8.93. The second kappa shape index (κ2) is 3.61. The third kappa shape index (κ3) is 1.81. The number of aromatic nitrogens is 5. The Bertz CT molecular complexity index is 414. The fourth-order valence-corrected chi connectivity index (χ4v) is 1.35. The fourth-order valence-electron chi connectivity index (χ4n) is 1.35. The van der Waals surface area contributed by atoms with Gasteiger partial charge in [0.2, 0.25) is 0 Å². The number of aryl methyl sites for hydroxylation is 2. The number of hydrogen-bond acceptors (Lipinski definition) is 3. The monoisotopic (exact) mass is 191 g/mol. The minimum Gasteiger partial charge on any atom is -0.273 e. The molecule has 0 atom stereocenters. The Kier molecular flexibility index (Phi) is 2.30. The Balaban J connectivity index is 2.10. The van der Waals surface area contributed by atoms with Crippen molar-refractivity contribution >= 4 is 0 Å². The topological polar surface area (TPSA) is 48.5 Å². The van der Waals surface area contributed by atoms with Crippen molar-refractivity contribution in [3.8, 4) is 0 Å². The molecule has 2 aromatic rings. The van der Waals surface area contributed by atoms with Gasteiger partial charge in [-0.25, -0.2) is 0 Å². The van der Waals surface area contributed by atoms with Crippen LogP contribution in [0.1, 0.15) is 18.2 Å². The molecule has 14 heavy (non-hydrogen) atoms. The van der Waals surface area contributed by atoms with Crippen molar-refractivity contribution in [1.82, 2.24) is 24.8 Å². The Labute approximate surface area is 82.4 Å². The van der Waals surface area contributed by atoms with E-state index in [9.17, 15) is 0 Å². The van der Waals surface area contributed by atoms with Crippen LogP contribution in [-0.2, 0) is 20.0 Å². The van der Waals surface area contributed by atoms with Crippen LogP contribution >= 0.6 is 0 Å². The molecule has 2 heterocycles. The molecule has 0 spiro atoms. The Morgan fingerprint density at radius 1 is 1.29 bits per heavy atom. The summed E-state index contributed by atoms with van der Waals surface area (Å²) in [5.74, 6) is 0. The summed E-state index contributed by atoms with van der Waals surface area (Å²) in [4.78, 5) is 1.57. The van der Waals surface area contributed by atoms with Gasteiger partial charge < -0.3 is 0 Å². The number of nitrogens with zero attached hydrogens (tertiary/aromatic N) is 5. The van der Waals surface area contributed by atoms with Gasteiger partial charge in [0.15, 0.2) is 0 Å². The van der Waals surface area contributed by atoms with Crippen molar-refractivity contribution in [2.75, 3.05) is 0 Å². The molecule has 0 aliphatic heterocycles. The van der Waals surface area contributed by atoms with Crippen molar-refractivity contribution in [3.05, 3.63) is 29.8 Å². The Morgan fingerprint density at radius 3 is 2.71 bits per heavy atom. The third-order valence-corrected chi connectivity index (χ3v) is 2.04. The average molecular weight is 191 g/mol. The zero-order valence-corrected chi connectivity index (χ0v) is 8.38. The first-order valence-electron chi connectivity index (χ1n) is 4.64. The Morgan fingerprint density at radius 2 is 2.14 bits per heavy atom. The molecule has 5 nitrogen and oxygen atoms in total. The van der Waals surface area contributed by atoms with Gasteiger partial charge in [0.05, 0.1) is 18.1 Å². The van der Waals surface area contributed by atoms with Gasteiger partial charge in [-0.1, -0.05) is 0 Å². The van der Waals surface area contributed by atoms with E-state index >= 15 is 0 Å². The first-order valence-corrected chi connectivity index (χ1v) is 4.64. The summed E-state index contributed by atoms with van der Waals surface area (Å²) in [5, 5.41) is 12.4. The van der Waals surface area contributed by atoms with E-state index in [4.69, 9.17) is 0 Å². The largest absolute Gasteiger partial charge is 0.273 e. The van der Waals surface area contributed by atoms with Crippen LogP contribution in [0.15, 0.2) is 18.6 Å². The van der Waals surface area contributed by atoms with Crippen LogP contribution in [0.2, 0.25) is 0 Å². The maximum Gasteiger partial charge on any atom is 0.0872 e. The van der Waals surface area contributed by atoms with Gasteiger partial charge >= 0.3 is 0 Å². The molecule has 0 radical (unpaired) electrons. The minimum absolute atomic E-state index is 0.799. The van der Waals surface area contributed by atoms with E-state index in [-0.39, 0.29) is 0 Å². The average Bonchev–Trinajstić information content (AvgIpc) is 2.76. The van der Waals surface area contributed by atoms with Crippen LogP contribution in [0, 0.1) is 0 Å². The zero-order chi connectivity index (χ0) is 9.97. The molecule has 0 fully saturated rings. The van der Waals surface area contributed by atoms with E-state index in [1.54, 1.807) is 11.0 Å². The molecule has 0 amide bonds. The highest BCUT2D eigenvalue weighted by atomic mass is 15.4. The van der Waals surface area contributed by atoms with Crippen molar-refractivity contribution in [3.63, 3.8) is 0 Å². The summed E-state index contributed by atoms with van der Waals surface area (Å²) in [6.45, 7) is 2.97.